The lowest BCUT2D eigenvalue weighted by Crippen LogP contribution is -2.40. The number of quaternary nitrogens is 1. The number of carbonyl (C=O) groups excluding carboxylic acids is 2. The van der Waals surface area contributed by atoms with Crippen LogP contribution in [0.25, 0.3) is 0 Å². The SMILES string of the molecule is CCCCCCC/C=C\C/C=C\C/C=C\CCCCCCCCCCCCCCC(=O)OC(COC(=O)CCCCCCCCCCCCCCCCCCCCCCCCCCC/C=C\CCCCCCCCCC)COC(OCC[N+](C)(C)C)C(=O)O. The molecule has 0 radical (unpaired) electrons. The van der Waals surface area contributed by atoms with Crippen LogP contribution in [0.4, 0.5) is 0 Å². The van der Waals surface area contributed by atoms with Gasteiger partial charge in [-0.3, -0.25) is 9.59 Å². The number of carboxylic acids is 1. The number of ether oxygens (including phenoxy) is 4. The van der Waals surface area contributed by atoms with Gasteiger partial charge >= 0.3 is 17.9 Å². The van der Waals surface area contributed by atoms with Crippen LogP contribution in [0.3, 0.4) is 0 Å². The molecule has 0 saturated heterocycles. The lowest BCUT2D eigenvalue weighted by atomic mass is 10.0. The maximum absolute atomic E-state index is 13.0. The minimum absolute atomic E-state index is 0.179. The van der Waals surface area contributed by atoms with Gasteiger partial charge in [-0.05, 0) is 77.0 Å². The van der Waals surface area contributed by atoms with Gasteiger partial charge in [-0.1, -0.05) is 345 Å². The Morgan fingerprint density at radius 3 is 0.910 bits per heavy atom. The van der Waals surface area contributed by atoms with Crippen LogP contribution in [0.2, 0.25) is 0 Å². The summed E-state index contributed by atoms with van der Waals surface area (Å²) in [7, 11) is 5.99. The minimum Gasteiger partial charge on any atom is -0.477 e. The predicted molar refractivity (Wildman–Crippen MR) is 383 cm³/mol. The second-order valence-electron chi connectivity index (χ2n) is 27.7. The molecule has 0 aliphatic carbocycles. The van der Waals surface area contributed by atoms with Gasteiger partial charge in [-0.2, -0.15) is 0 Å². The van der Waals surface area contributed by atoms with Gasteiger partial charge in [0.1, 0.15) is 13.2 Å². The molecule has 0 spiro atoms. The van der Waals surface area contributed by atoms with E-state index in [1.807, 2.05) is 21.1 Å². The zero-order valence-corrected chi connectivity index (χ0v) is 59.9. The molecule has 522 valence electrons. The summed E-state index contributed by atoms with van der Waals surface area (Å²) in [4.78, 5) is 37.7. The molecule has 0 aliphatic heterocycles. The Balaban J connectivity index is 3.99. The van der Waals surface area contributed by atoms with Crippen LogP contribution in [0.5, 0.6) is 0 Å². The number of likely N-dealkylation sites (N-methyl/N-ethyl adjacent to an activating group) is 1. The molecule has 0 saturated carbocycles. The van der Waals surface area contributed by atoms with E-state index >= 15 is 0 Å². The molecule has 0 fully saturated rings. The zero-order chi connectivity index (χ0) is 64.7. The smallest absolute Gasteiger partial charge is 0.361 e. The van der Waals surface area contributed by atoms with Crippen molar-refractivity contribution in [3.63, 3.8) is 0 Å². The summed E-state index contributed by atoms with van der Waals surface area (Å²) in [6.45, 7) is 4.93. The van der Waals surface area contributed by atoms with E-state index in [2.05, 4.69) is 62.5 Å². The summed E-state index contributed by atoms with van der Waals surface area (Å²) in [5, 5.41) is 9.76. The van der Waals surface area contributed by atoms with E-state index in [1.165, 1.54) is 308 Å². The molecule has 9 heteroatoms. The van der Waals surface area contributed by atoms with Gasteiger partial charge in [0.2, 0.25) is 0 Å². The van der Waals surface area contributed by atoms with Gasteiger partial charge in [0, 0.05) is 12.8 Å². The molecule has 2 atom stereocenters. The predicted octanol–water partition coefficient (Wildman–Crippen LogP) is 24.5. The topological polar surface area (TPSA) is 108 Å². The number of carbonyl (C=O) groups is 3. The molecule has 0 aromatic carbocycles. The highest BCUT2D eigenvalue weighted by Gasteiger charge is 2.25. The van der Waals surface area contributed by atoms with Gasteiger partial charge in [-0.25, -0.2) is 4.79 Å². The second-order valence-corrected chi connectivity index (χ2v) is 27.7. The van der Waals surface area contributed by atoms with Crippen molar-refractivity contribution in [1.82, 2.24) is 0 Å². The highest BCUT2D eigenvalue weighted by atomic mass is 16.7. The number of allylic oxidation sites excluding steroid dienone is 8. The first-order chi connectivity index (χ1) is 43.6. The van der Waals surface area contributed by atoms with Crippen molar-refractivity contribution in [2.75, 3.05) is 47.5 Å². The number of carboxylic acid groups (broad SMARTS) is 1. The Labute approximate surface area is 553 Å². The van der Waals surface area contributed by atoms with Gasteiger partial charge in [0.15, 0.2) is 6.10 Å². The molecule has 0 amide bonds. The Bertz CT molecular complexity index is 1600. The summed E-state index contributed by atoms with van der Waals surface area (Å²) >= 11 is 0. The Hall–Kier alpha value is -2.75. The Kier molecular flexibility index (Phi) is 68.9. The third-order valence-electron chi connectivity index (χ3n) is 17.6. The minimum atomic E-state index is -1.51. The fourth-order valence-corrected chi connectivity index (χ4v) is 11.6. The molecule has 0 aliphatic rings. The molecule has 0 aromatic heterocycles. The fraction of sp³-hybridized carbons (Fsp3) is 0.863. The molecule has 0 heterocycles. The van der Waals surface area contributed by atoms with Crippen LogP contribution in [-0.2, 0) is 33.3 Å². The lowest BCUT2D eigenvalue weighted by molar-refractivity contribution is -0.870. The number of rotatable bonds is 73. The highest BCUT2D eigenvalue weighted by Crippen LogP contribution is 2.19. The van der Waals surface area contributed by atoms with Crippen LogP contribution in [-0.4, -0.2) is 87.4 Å². The first-order valence-electron chi connectivity index (χ1n) is 38.8. The normalized spacial score (nSPS) is 12.9. The average molecular weight is 1250 g/mol. The van der Waals surface area contributed by atoms with Crippen molar-refractivity contribution in [3.05, 3.63) is 48.6 Å². The van der Waals surface area contributed by atoms with E-state index < -0.39 is 18.4 Å². The molecule has 1 N–H and O–H groups in total. The monoisotopic (exact) mass is 1250 g/mol. The van der Waals surface area contributed by atoms with Crippen molar-refractivity contribution < 1.29 is 42.9 Å². The van der Waals surface area contributed by atoms with Crippen molar-refractivity contribution in [2.45, 2.75) is 399 Å². The lowest BCUT2D eigenvalue weighted by Gasteiger charge is -2.25. The van der Waals surface area contributed by atoms with Crippen LogP contribution in [0, 0.1) is 0 Å². The average Bonchev–Trinajstić information content (AvgIpc) is 3.64. The van der Waals surface area contributed by atoms with E-state index in [9.17, 15) is 19.5 Å². The summed E-state index contributed by atoms with van der Waals surface area (Å²) in [5.41, 5.74) is 0. The van der Waals surface area contributed by atoms with Gasteiger partial charge in [0.05, 0.1) is 34.4 Å². The third kappa shape index (κ3) is 72.5. The molecule has 89 heavy (non-hydrogen) atoms. The molecular weight excluding hydrogens is 1100 g/mol. The molecule has 0 aromatic rings. The van der Waals surface area contributed by atoms with E-state index in [4.69, 9.17) is 18.9 Å². The number of unbranched alkanes of at least 4 members (excludes halogenated alkanes) is 50. The van der Waals surface area contributed by atoms with E-state index in [0.717, 1.165) is 51.4 Å². The first-order valence-corrected chi connectivity index (χ1v) is 38.8. The fourth-order valence-electron chi connectivity index (χ4n) is 11.6. The summed E-state index contributed by atoms with van der Waals surface area (Å²) in [6.07, 6.45) is 89.7. The van der Waals surface area contributed by atoms with Crippen LogP contribution >= 0.6 is 0 Å². The van der Waals surface area contributed by atoms with Crippen molar-refractivity contribution in [3.8, 4) is 0 Å². The van der Waals surface area contributed by atoms with Crippen molar-refractivity contribution in [2.24, 2.45) is 0 Å². The molecule has 0 rings (SSSR count). The van der Waals surface area contributed by atoms with E-state index in [0.29, 0.717) is 17.4 Å². The van der Waals surface area contributed by atoms with Crippen LogP contribution in [0.15, 0.2) is 48.6 Å². The Morgan fingerprint density at radius 1 is 0.337 bits per heavy atom. The van der Waals surface area contributed by atoms with Gasteiger partial charge in [0.25, 0.3) is 6.29 Å². The number of esters is 2. The molecule has 9 nitrogen and oxygen atoms in total. The van der Waals surface area contributed by atoms with E-state index in [1.54, 1.807) is 0 Å². The van der Waals surface area contributed by atoms with Gasteiger partial charge < -0.3 is 28.5 Å². The van der Waals surface area contributed by atoms with E-state index in [-0.39, 0.29) is 38.2 Å². The maximum atomic E-state index is 13.0. The van der Waals surface area contributed by atoms with Crippen LogP contribution < -0.4 is 0 Å². The number of aliphatic carboxylic acids is 1. The first kappa shape index (κ1) is 86.2. The molecular formula is C80H150NO8+. The highest BCUT2D eigenvalue weighted by molar-refractivity contribution is 5.71. The summed E-state index contributed by atoms with van der Waals surface area (Å²) < 4.78 is 23.0. The quantitative estimate of drug-likeness (QED) is 0.0211. The van der Waals surface area contributed by atoms with Gasteiger partial charge in [-0.15, -0.1) is 0 Å². The summed E-state index contributed by atoms with van der Waals surface area (Å²) in [6, 6.07) is 0. The number of nitrogens with zero attached hydrogens (tertiary/aromatic N) is 1. The number of hydrogen-bond acceptors (Lipinski definition) is 7. The zero-order valence-electron chi connectivity index (χ0n) is 59.9. The number of hydrogen-bond donors (Lipinski definition) is 1. The molecule has 2 unspecified atom stereocenters. The second kappa shape index (κ2) is 71.1. The van der Waals surface area contributed by atoms with Crippen molar-refractivity contribution in [1.29, 1.82) is 0 Å². The van der Waals surface area contributed by atoms with Crippen molar-refractivity contribution >= 4 is 17.9 Å². The third-order valence-corrected chi connectivity index (χ3v) is 17.6. The maximum Gasteiger partial charge on any atom is 0.361 e. The Morgan fingerprint density at radius 2 is 0.607 bits per heavy atom. The molecule has 0 bridgehead atoms. The largest absolute Gasteiger partial charge is 0.477 e. The van der Waals surface area contributed by atoms with Crippen LogP contribution in [0.1, 0.15) is 386 Å². The standard InChI is InChI=1S/C80H149NO8/c1-6-8-10-12-14-16-18-20-22-24-26-28-30-32-34-35-36-37-38-39-40-41-42-43-45-46-48-50-52-54-56-58-60-62-64-66-68-70-77(82)87-74-76(75-88-80(79(84)85)86-73-72-81(3,4)5)89-78(83)71-69-67-65-63-61-59-57-55-53-51-49-47-44-33-31-29-27-25-23-21-19-17-15-13-11-9-7-2/h19,21,24-27,31,33,76,80H,6-18,20,22-23,28-30,32,34-75H2,1-5H3/p+1/b21-19-,26-24-,27-25-,33-31-. The summed E-state index contributed by atoms with van der Waals surface area (Å²) in [5.74, 6) is -1.98.